The zero-order valence-electron chi connectivity index (χ0n) is 11.0. The van der Waals surface area contributed by atoms with Crippen molar-refractivity contribution in [3.05, 3.63) is 70.8 Å². The van der Waals surface area contributed by atoms with E-state index in [1.54, 1.807) is 0 Å². The van der Waals surface area contributed by atoms with Crippen LogP contribution in [0.1, 0.15) is 22.3 Å². The Morgan fingerprint density at radius 2 is 1.53 bits per heavy atom. The molecular weight excluding hydrogens is 281 g/mol. The molecule has 0 heterocycles. The van der Waals surface area contributed by atoms with Gasteiger partial charge in [-0.25, -0.2) is 0 Å². The Morgan fingerprint density at radius 1 is 0.824 bits per heavy atom. The van der Waals surface area contributed by atoms with Crippen LogP contribution in [0.2, 0.25) is 0 Å². The Morgan fingerprint density at radius 3 is 1.88 bits per heavy atom. The van der Waals surface area contributed by atoms with Gasteiger partial charge >= 0.3 is 0 Å². The van der Waals surface area contributed by atoms with Crippen molar-refractivity contribution < 1.29 is 32.7 Å². The Kier molecular flexibility index (Phi) is 8.38. The van der Waals surface area contributed by atoms with Crippen LogP contribution >= 0.6 is 0 Å². The molecule has 0 aromatic heterocycles. The summed E-state index contributed by atoms with van der Waals surface area (Å²) in [7, 11) is 0. The fourth-order valence-corrected chi connectivity index (χ4v) is 1.20. The second kappa shape index (κ2) is 8.61. The van der Waals surface area contributed by atoms with Crippen molar-refractivity contribution in [1.29, 1.82) is 0 Å². The molecule has 0 fully saturated rings. The quantitative estimate of drug-likeness (QED) is 0.639. The molecular formula is C16H18Y-2. The maximum atomic E-state index is 3.10. The van der Waals surface area contributed by atoms with Gasteiger partial charge < -0.3 is 0 Å². The molecule has 87 valence electrons. The first-order chi connectivity index (χ1) is 7.61. The van der Waals surface area contributed by atoms with E-state index < -0.39 is 0 Å². The van der Waals surface area contributed by atoms with Gasteiger partial charge in [-0.2, -0.15) is 70.8 Å². The smallest absolute Gasteiger partial charge is 0 e. The molecule has 0 unspecified atom stereocenters. The summed E-state index contributed by atoms with van der Waals surface area (Å²) >= 11 is 0. The molecule has 0 aliphatic rings. The molecule has 2 aromatic carbocycles. The third-order valence-electron chi connectivity index (χ3n) is 2.69. The molecule has 2 rings (SSSR count). The largest absolute Gasteiger partial charge is 0.184 e. The summed E-state index contributed by atoms with van der Waals surface area (Å²) in [6, 6.07) is 18.1. The monoisotopic (exact) mass is 299 g/mol. The Balaban J connectivity index is 0.000000284. The first kappa shape index (κ1) is 16.5. The van der Waals surface area contributed by atoms with Crippen LogP contribution in [0.3, 0.4) is 0 Å². The van der Waals surface area contributed by atoms with Crippen LogP contribution in [0, 0.1) is 39.8 Å². The summed E-state index contributed by atoms with van der Waals surface area (Å²) in [4.78, 5) is 0. The van der Waals surface area contributed by atoms with Gasteiger partial charge in [0, 0.05) is 32.7 Å². The molecule has 0 saturated heterocycles. The number of benzene rings is 2. The molecule has 0 atom stereocenters. The fraction of sp³-hybridized carbons (Fsp3) is 0.250. The van der Waals surface area contributed by atoms with Crippen molar-refractivity contribution in [2.75, 3.05) is 0 Å². The normalized spacial score (nSPS) is 8.71. The number of hydrogen-bond acceptors (Lipinski definition) is 0. The third-order valence-corrected chi connectivity index (χ3v) is 2.69. The summed E-state index contributed by atoms with van der Waals surface area (Å²) in [6.45, 7) is 8.34. The molecule has 1 radical (unpaired) electrons. The van der Waals surface area contributed by atoms with E-state index in [0.717, 1.165) is 0 Å². The van der Waals surface area contributed by atoms with Gasteiger partial charge in [0.15, 0.2) is 0 Å². The van der Waals surface area contributed by atoms with Crippen molar-refractivity contribution in [2.24, 2.45) is 0 Å². The van der Waals surface area contributed by atoms with Gasteiger partial charge in [-0.3, -0.25) is 0 Å². The van der Waals surface area contributed by atoms with E-state index in [0.29, 0.717) is 0 Å². The minimum absolute atomic E-state index is 0. The Bertz CT molecular complexity index is 361. The molecule has 0 spiro atoms. The van der Waals surface area contributed by atoms with Crippen LogP contribution in [0.5, 0.6) is 0 Å². The molecule has 0 nitrogen and oxygen atoms in total. The van der Waals surface area contributed by atoms with Crippen LogP contribution in [0.15, 0.2) is 36.4 Å². The van der Waals surface area contributed by atoms with E-state index in [9.17, 15) is 0 Å². The van der Waals surface area contributed by atoms with E-state index >= 15 is 0 Å². The first-order valence-electron chi connectivity index (χ1n) is 5.48. The maximum absolute atomic E-state index is 3.10. The minimum atomic E-state index is 0. The number of rotatable bonds is 0. The van der Waals surface area contributed by atoms with Crippen LogP contribution in [-0.2, 0) is 32.7 Å². The first-order valence-corrected chi connectivity index (χ1v) is 5.48. The topological polar surface area (TPSA) is 0 Å². The van der Waals surface area contributed by atoms with Crippen LogP contribution in [0.25, 0.3) is 0 Å². The van der Waals surface area contributed by atoms with Crippen molar-refractivity contribution in [3.63, 3.8) is 0 Å². The third kappa shape index (κ3) is 6.14. The van der Waals surface area contributed by atoms with Crippen molar-refractivity contribution in [3.8, 4) is 0 Å². The van der Waals surface area contributed by atoms with E-state index in [4.69, 9.17) is 0 Å². The summed E-state index contributed by atoms with van der Waals surface area (Å²) in [5.41, 5.74) is 5.20. The molecule has 1 heteroatoms. The SMILES string of the molecule is Cc1[c-]cccc1C.Cc1c[c-]ccc1C.[Y]. The van der Waals surface area contributed by atoms with Crippen molar-refractivity contribution in [1.82, 2.24) is 0 Å². The van der Waals surface area contributed by atoms with Gasteiger partial charge in [-0.05, 0) is 0 Å². The average Bonchev–Trinajstić information content (AvgIpc) is 2.28. The summed E-state index contributed by atoms with van der Waals surface area (Å²) in [5, 5.41) is 0. The van der Waals surface area contributed by atoms with E-state index in [2.05, 4.69) is 52.0 Å². The standard InChI is InChI=1S/2C8H9.Y/c2*1-7-5-3-4-6-8(7)2;/h3,5-6H,1-2H3;3-5H,1-2H3;/q2*-1;. The van der Waals surface area contributed by atoms with E-state index in [1.165, 1.54) is 22.3 Å². The van der Waals surface area contributed by atoms with E-state index in [-0.39, 0.29) is 32.7 Å². The molecule has 0 amide bonds. The van der Waals surface area contributed by atoms with E-state index in [1.807, 2.05) is 24.3 Å². The second-order valence-electron chi connectivity index (χ2n) is 3.99. The molecule has 0 saturated carbocycles. The van der Waals surface area contributed by atoms with Gasteiger partial charge in [0.1, 0.15) is 0 Å². The predicted octanol–water partition coefficient (Wildman–Crippen LogP) is 4.20. The fourth-order valence-electron chi connectivity index (χ4n) is 1.20. The Labute approximate surface area is 130 Å². The van der Waals surface area contributed by atoms with Gasteiger partial charge in [-0.1, -0.05) is 27.7 Å². The number of aryl methyl sites for hydroxylation is 4. The Hall–Kier alpha value is -0.456. The zero-order chi connectivity index (χ0) is 12.0. The van der Waals surface area contributed by atoms with Crippen LogP contribution in [0.4, 0.5) is 0 Å². The summed E-state index contributed by atoms with van der Waals surface area (Å²) in [5.74, 6) is 0. The second-order valence-corrected chi connectivity index (χ2v) is 3.99. The minimum Gasteiger partial charge on any atom is -0.184 e. The molecule has 0 aliphatic carbocycles. The molecule has 0 N–H and O–H groups in total. The number of hydrogen-bond donors (Lipinski definition) is 0. The van der Waals surface area contributed by atoms with Crippen LogP contribution < -0.4 is 0 Å². The van der Waals surface area contributed by atoms with Crippen molar-refractivity contribution >= 4 is 0 Å². The summed E-state index contributed by atoms with van der Waals surface area (Å²) < 4.78 is 0. The van der Waals surface area contributed by atoms with Gasteiger partial charge in [0.25, 0.3) is 0 Å². The molecule has 2 aromatic rings. The van der Waals surface area contributed by atoms with Crippen LogP contribution in [-0.4, -0.2) is 0 Å². The van der Waals surface area contributed by atoms with Gasteiger partial charge in [-0.15, -0.1) is 0 Å². The van der Waals surface area contributed by atoms with Gasteiger partial charge in [0.05, 0.1) is 0 Å². The molecule has 17 heavy (non-hydrogen) atoms. The average molecular weight is 299 g/mol. The zero-order valence-corrected chi connectivity index (χ0v) is 13.9. The van der Waals surface area contributed by atoms with Crippen molar-refractivity contribution in [2.45, 2.75) is 27.7 Å². The summed E-state index contributed by atoms with van der Waals surface area (Å²) in [6.07, 6.45) is 0. The van der Waals surface area contributed by atoms with Gasteiger partial charge in [0.2, 0.25) is 0 Å². The maximum Gasteiger partial charge on any atom is 0 e. The molecule has 0 aliphatic heterocycles. The predicted molar refractivity (Wildman–Crippen MR) is 69.5 cm³/mol. The molecule has 0 bridgehead atoms.